The van der Waals surface area contributed by atoms with Crippen LogP contribution in [0.5, 0.6) is 5.75 Å². The molecule has 0 spiro atoms. The third-order valence-electron chi connectivity index (χ3n) is 2.92. The lowest BCUT2D eigenvalue weighted by atomic mass is 10.3. The maximum absolute atomic E-state index is 11.8. The number of hydrogen-bond donors (Lipinski definition) is 1. The van der Waals surface area contributed by atoms with Gasteiger partial charge in [0.25, 0.3) is 5.91 Å². The molecule has 128 valence electrons. The molecule has 1 aromatic carbocycles. The quantitative estimate of drug-likeness (QED) is 0.756. The topological polar surface area (TPSA) is 77.8 Å². The van der Waals surface area contributed by atoms with Crippen LogP contribution in [0.25, 0.3) is 0 Å². The van der Waals surface area contributed by atoms with Gasteiger partial charge in [-0.25, -0.2) is 4.79 Å². The molecule has 0 unspecified atom stereocenters. The molecule has 0 aliphatic heterocycles. The van der Waals surface area contributed by atoms with Gasteiger partial charge in [0.05, 0.1) is 17.8 Å². The maximum atomic E-state index is 11.8. The van der Waals surface area contributed by atoms with Crippen molar-refractivity contribution in [3.05, 3.63) is 52.4 Å². The van der Waals surface area contributed by atoms with Gasteiger partial charge in [-0.05, 0) is 37.3 Å². The Morgan fingerprint density at radius 3 is 2.75 bits per heavy atom. The first kappa shape index (κ1) is 18.2. The number of esters is 1. The molecule has 0 bridgehead atoms. The molecular weight excluding hydrogens is 357 g/mol. The van der Waals surface area contributed by atoms with Crippen molar-refractivity contribution >= 4 is 35.1 Å². The van der Waals surface area contributed by atoms with Crippen molar-refractivity contribution < 1.29 is 23.5 Å². The number of nitrogens with one attached hydrogen (secondary N) is 1. The minimum Gasteiger partial charge on any atom is -0.477 e. The van der Waals surface area contributed by atoms with E-state index in [0.717, 1.165) is 0 Å². The molecule has 2 aromatic rings. The molecule has 1 aromatic heterocycles. The monoisotopic (exact) mass is 371 g/mol. The first-order chi connectivity index (χ1) is 11.5. The summed E-state index contributed by atoms with van der Waals surface area (Å²) in [7, 11) is 0. The molecule has 0 saturated carbocycles. The fraction of sp³-hybridized carbons (Fsp3) is 0.250. The van der Waals surface area contributed by atoms with Crippen LogP contribution < -0.4 is 10.1 Å². The van der Waals surface area contributed by atoms with Gasteiger partial charge in [0.2, 0.25) is 0 Å². The number of hydrogen-bond acceptors (Lipinski definition) is 5. The van der Waals surface area contributed by atoms with Crippen LogP contribution in [-0.4, -0.2) is 24.6 Å². The molecule has 0 radical (unpaired) electrons. The lowest BCUT2D eigenvalue weighted by Gasteiger charge is -2.15. The van der Waals surface area contributed by atoms with Crippen LogP contribution in [0, 0.1) is 0 Å². The van der Waals surface area contributed by atoms with E-state index in [2.05, 4.69) is 5.32 Å². The van der Waals surface area contributed by atoms with Gasteiger partial charge in [0.15, 0.2) is 12.7 Å². The summed E-state index contributed by atoms with van der Waals surface area (Å²) in [6.07, 6.45) is 0.573. The van der Waals surface area contributed by atoms with Crippen molar-refractivity contribution in [1.29, 1.82) is 0 Å². The van der Waals surface area contributed by atoms with E-state index in [0.29, 0.717) is 16.5 Å². The number of carbonyl (C=O) groups excluding carboxylic acids is 2. The van der Waals surface area contributed by atoms with Gasteiger partial charge in [0.1, 0.15) is 11.5 Å². The zero-order chi connectivity index (χ0) is 17.5. The SMILES string of the molecule is C[C@@H](Oc1ccc(Cl)cc1Cl)C(=O)OCC(=O)NCc1ccco1. The van der Waals surface area contributed by atoms with Gasteiger partial charge >= 0.3 is 5.97 Å². The Hall–Kier alpha value is -2.18. The average Bonchev–Trinajstić information content (AvgIpc) is 3.06. The first-order valence-corrected chi connectivity index (χ1v) is 7.78. The highest BCUT2D eigenvalue weighted by atomic mass is 35.5. The molecule has 1 N–H and O–H groups in total. The maximum Gasteiger partial charge on any atom is 0.347 e. The molecule has 0 fully saturated rings. The Labute approximate surface area is 148 Å². The van der Waals surface area contributed by atoms with E-state index in [-0.39, 0.29) is 11.6 Å². The number of rotatable bonds is 7. The lowest BCUT2D eigenvalue weighted by molar-refractivity contribution is -0.154. The highest BCUT2D eigenvalue weighted by molar-refractivity contribution is 6.35. The van der Waals surface area contributed by atoms with Crippen molar-refractivity contribution in [3.63, 3.8) is 0 Å². The fourth-order valence-corrected chi connectivity index (χ4v) is 2.17. The number of furan rings is 1. The summed E-state index contributed by atoms with van der Waals surface area (Å²) in [6.45, 7) is 1.30. The Morgan fingerprint density at radius 1 is 1.29 bits per heavy atom. The van der Waals surface area contributed by atoms with Gasteiger partial charge in [0, 0.05) is 5.02 Å². The second-order valence-electron chi connectivity index (χ2n) is 4.80. The second-order valence-corrected chi connectivity index (χ2v) is 5.64. The predicted molar refractivity (Wildman–Crippen MR) is 88.1 cm³/mol. The largest absolute Gasteiger partial charge is 0.477 e. The van der Waals surface area contributed by atoms with E-state index < -0.39 is 24.6 Å². The van der Waals surface area contributed by atoms with Gasteiger partial charge in [-0.2, -0.15) is 0 Å². The van der Waals surface area contributed by atoms with Crippen LogP contribution in [0.1, 0.15) is 12.7 Å². The molecule has 0 aliphatic carbocycles. The molecule has 8 heteroatoms. The van der Waals surface area contributed by atoms with Gasteiger partial charge in [-0.1, -0.05) is 23.2 Å². The number of amides is 1. The van der Waals surface area contributed by atoms with Crippen molar-refractivity contribution in [2.45, 2.75) is 19.6 Å². The van der Waals surface area contributed by atoms with Crippen LogP contribution in [0.2, 0.25) is 10.0 Å². The average molecular weight is 372 g/mol. The third-order valence-corrected chi connectivity index (χ3v) is 3.45. The molecule has 1 amide bonds. The van der Waals surface area contributed by atoms with E-state index >= 15 is 0 Å². The summed E-state index contributed by atoms with van der Waals surface area (Å²) in [5, 5.41) is 3.29. The van der Waals surface area contributed by atoms with E-state index in [4.69, 9.17) is 37.1 Å². The minimum absolute atomic E-state index is 0.218. The molecule has 6 nitrogen and oxygen atoms in total. The summed E-state index contributed by atoms with van der Waals surface area (Å²) < 4.78 is 15.4. The van der Waals surface area contributed by atoms with Gasteiger partial charge < -0.3 is 19.2 Å². The smallest absolute Gasteiger partial charge is 0.347 e. The zero-order valence-electron chi connectivity index (χ0n) is 12.8. The third kappa shape index (κ3) is 5.47. The standard InChI is InChI=1S/C16H15Cl2NO5/c1-10(24-14-5-4-11(17)7-13(14)18)16(21)23-9-15(20)19-8-12-3-2-6-22-12/h2-7,10H,8-9H2,1H3,(H,19,20)/t10-/m1/s1. The van der Waals surface area contributed by atoms with Crippen LogP contribution in [0.15, 0.2) is 41.0 Å². The summed E-state index contributed by atoms with van der Waals surface area (Å²) in [4.78, 5) is 23.5. The van der Waals surface area contributed by atoms with E-state index in [1.807, 2.05) is 0 Å². The fourth-order valence-electron chi connectivity index (χ4n) is 1.71. The van der Waals surface area contributed by atoms with Crippen molar-refractivity contribution in [2.24, 2.45) is 0 Å². The first-order valence-electron chi connectivity index (χ1n) is 7.03. The normalized spacial score (nSPS) is 11.6. The summed E-state index contributed by atoms with van der Waals surface area (Å²) in [6, 6.07) is 8.06. The zero-order valence-corrected chi connectivity index (χ0v) is 14.3. The molecular formula is C16H15Cl2NO5. The van der Waals surface area contributed by atoms with Crippen molar-refractivity contribution in [2.75, 3.05) is 6.61 Å². The van der Waals surface area contributed by atoms with E-state index in [1.54, 1.807) is 24.3 Å². The highest BCUT2D eigenvalue weighted by Crippen LogP contribution is 2.28. The molecule has 1 heterocycles. The number of benzene rings is 1. The number of carbonyl (C=O) groups is 2. The van der Waals surface area contributed by atoms with Crippen LogP contribution in [0.3, 0.4) is 0 Å². The van der Waals surface area contributed by atoms with E-state index in [1.165, 1.54) is 19.3 Å². The Balaban J connectivity index is 1.75. The number of ether oxygens (including phenoxy) is 2. The van der Waals surface area contributed by atoms with Crippen LogP contribution in [-0.2, 0) is 20.9 Å². The summed E-state index contributed by atoms with van der Waals surface area (Å²) in [5.74, 6) is -0.234. The van der Waals surface area contributed by atoms with Crippen molar-refractivity contribution in [3.8, 4) is 5.75 Å². The van der Waals surface area contributed by atoms with Gasteiger partial charge in [-0.15, -0.1) is 0 Å². The highest BCUT2D eigenvalue weighted by Gasteiger charge is 2.19. The second kappa shape index (κ2) is 8.61. The molecule has 0 saturated heterocycles. The van der Waals surface area contributed by atoms with Crippen LogP contribution in [0.4, 0.5) is 0 Å². The lowest BCUT2D eigenvalue weighted by Crippen LogP contribution is -2.32. The molecule has 1 atom stereocenters. The Bertz CT molecular complexity index is 702. The number of halogens is 2. The summed E-state index contributed by atoms with van der Waals surface area (Å²) in [5.41, 5.74) is 0. The Morgan fingerprint density at radius 2 is 2.08 bits per heavy atom. The summed E-state index contributed by atoms with van der Waals surface area (Å²) >= 11 is 11.7. The minimum atomic E-state index is -0.929. The molecule has 2 rings (SSSR count). The van der Waals surface area contributed by atoms with E-state index in [9.17, 15) is 9.59 Å². The molecule has 24 heavy (non-hydrogen) atoms. The Kier molecular flexibility index (Phi) is 6.52. The predicted octanol–water partition coefficient (Wildman–Crippen LogP) is 3.21. The van der Waals surface area contributed by atoms with Crippen molar-refractivity contribution in [1.82, 2.24) is 5.32 Å². The molecule has 0 aliphatic rings. The van der Waals surface area contributed by atoms with Gasteiger partial charge in [-0.3, -0.25) is 4.79 Å². The van der Waals surface area contributed by atoms with Crippen LogP contribution >= 0.6 is 23.2 Å².